The molecule has 0 bridgehead atoms. The number of nitrogens with one attached hydrogen (secondary N) is 2. The van der Waals surface area contributed by atoms with Crippen LogP contribution in [-0.2, 0) is 25.6 Å². The number of nitrogens with zero attached hydrogens (tertiary/aromatic N) is 1. The molecule has 6 N–H and O–H groups in total. The molecule has 0 saturated carbocycles. The zero-order valence-corrected chi connectivity index (χ0v) is 15.9. The molecule has 0 aliphatic carbocycles. The molecule has 0 aromatic heterocycles. The van der Waals surface area contributed by atoms with Crippen molar-refractivity contribution >= 4 is 23.7 Å². The van der Waals surface area contributed by atoms with E-state index in [1.54, 1.807) is 24.3 Å². The number of carboxylic acid groups (broad SMARTS) is 1. The van der Waals surface area contributed by atoms with E-state index in [0.29, 0.717) is 19.4 Å². The maximum Gasteiger partial charge on any atom is 0.322 e. The second-order valence-electron chi connectivity index (χ2n) is 6.84. The molecule has 1 aliphatic heterocycles. The maximum absolute atomic E-state index is 12.8. The van der Waals surface area contributed by atoms with Crippen LogP contribution in [0.4, 0.5) is 0 Å². The number of aliphatic hydroxyl groups excluding tert-OH is 1. The molecule has 1 aliphatic rings. The van der Waals surface area contributed by atoms with Crippen molar-refractivity contribution in [2.45, 2.75) is 37.4 Å². The Morgan fingerprint density at radius 3 is 2.52 bits per heavy atom. The quantitative estimate of drug-likeness (QED) is 0.324. The Morgan fingerprint density at radius 1 is 1.21 bits per heavy atom. The van der Waals surface area contributed by atoms with Crippen molar-refractivity contribution in [3.05, 3.63) is 35.9 Å². The molecule has 0 spiro atoms. The second-order valence-corrected chi connectivity index (χ2v) is 6.84. The normalized spacial score (nSPS) is 18.0. The van der Waals surface area contributed by atoms with E-state index in [-0.39, 0.29) is 6.42 Å². The molecule has 3 atom stereocenters. The third-order valence-electron chi connectivity index (χ3n) is 4.68. The van der Waals surface area contributed by atoms with E-state index < -0.39 is 55.0 Å². The number of carboxylic acids is 1. The minimum absolute atomic E-state index is 0.162. The average Bonchev–Trinajstić information content (AvgIpc) is 3.21. The van der Waals surface area contributed by atoms with Crippen molar-refractivity contribution in [2.24, 2.45) is 5.73 Å². The first-order chi connectivity index (χ1) is 13.8. The summed E-state index contributed by atoms with van der Waals surface area (Å²) in [5, 5.41) is 22.8. The Hall–Kier alpha value is -2.98. The van der Waals surface area contributed by atoms with Crippen LogP contribution in [-0.4, -0.2) is 76.6 Å². The highest BCUT2D eigenvalue weighted by molar-refractivity contribution is 5.94. The zero-order valence-electron chi connectivity index (χ0n) is 15.9. The SMILES string of the molecule is NC(CO)C(=O)N1CCCC1C(=O)NC(Cc1ccccc1)C(=O)NCC(=O)O. The lowest BCUT2D eigenvalue weighted by Crippen LogP contribution is -2.56. The zero-order chi connectivity index (χ0) is 21.4. The van der Waals surface area contributed by atoms with Gasteiger partial charge in [-0.2, -0.15) is 0 Å². The number of hydrogen-bond acceptors (Lipinski definition) is 6. The lowest BCUT2D eigenvalue weighted by molar-refractivity contribution is -0.141. The Labute approximate surface area is 168 Å². The maximum atomic E-state index is 12.8. The highest BCUT2D eigenvalue weighted by atomic mass is 16.4. The summed E-state index contributed by atoms with van der Waals surface area (Å²) in [6.45, 7) is -0.767. The van der Waals surface area contributed by atoms with Gasteiger partial charge >= 0.3 is 5.97 Å². The molecule has 1 saturated heterocycles. The van der Waals surface area contributed by atoms with E-state index in [4.69, 9.17) is 15.9 Å². The van der Waals surface area contributed by atoms with Crippen LogP contribution in [0.5, 0.6) is 0 Å². The summed E-state index contributed by atoms with van der Waals surface area (Å²) in [4.78, 5) is 49.6. The molecule has 1 heterocycles. The molecule has 158 valence electrons. The number of hydrogen-bond donors (Lipinski definition) is 5. The number of rotatable bonds is 9. The van der Waals surface area contributed by atoms with Gasteiger partial charge in [-0.3, -0.25) is 19.2 Å². The van der Waals surface area contributed by atoms with Crippen molar-refractivity contribution in [3.63, 3.8) is 0 Å². The summed E-state index contributed by atoms with van der Waals surface area (Å²) in [5.41, 5.74) is 6.37. The van der Waals surface area contributed by atoms with Crippen LogP contribution >= 0.6 is 0 Å². The number of nitrogens with two attached hydrogens (primary N) is 1. The van der Waals surface area contributed by atoms with Crippen LogP contribution in [0.1, 0.15) is 18.4 Å². The summed E-state index contributed by atoms with van der Waals surface area (Å²) in [7, 11) is 0. The first kappa shape index (κ1) is 22.3. The Balaban J connectivity index is 2.11. The van der Waals surface area contributed by atoms with Gasteiger partial charge in [-0.15, -0.1) is 0 Å². The Morgan fingerprint density at radius 2 is 1.90 bits per heavy atom. The third-order valence-corrected chi connectivity index (χ3v) is 4.68. The van der Waals surface area contributed by atoms with E-state index in [0.717, 1.165) is 5.56 Å². The molecule has 0 radical (unpaired) electrons. The minimum Gasteiger partial charge on any atom is -0.480 e. The Kier molecular flexibility index (Phi) is 8.10. The molecule has 1 fully saturated rings. The Bertz CT molecular complexity index is 741. The molecule has 3 unspecified atom stereocenters. The molecule has 10 nitrogen and oxygen atoms in total. The highest BCUT2D eigenvalue weighted by Gasteiger charge is 2.37. The van der Waals surface area contributed by atoms with Gasteiger partial charge in [0, 0.05) is 13.0 Å². The van der Waals surface area contributed by atoms with Crippen LogP contribution in [0.2, 0.25) is 0 Å². The van der Waals surface area contributed by atoms with Crippen LogP contribution < -0.4 is 16.4 Å². The molecule has 10 heteroatoms. The van der Waals surface area contributed by atoms with Gasteiger partial charge in [0.05, 0.1) is 6.61 Å². The summed E-state index contributed by atoms with van der Waals surface area (Å²) in [5.74, 6) is -2.88. The van der Waals surface area contributed by atoms with E-state index in [2.05, 4.69) is 10.6 Å². The number of carbonyl (C=O) groups excluding carboxylic acids is 3. The topological polar surface area (TPSA) is 162 Å². The molecular weight excluding hydrogens is 380 g/mol. The van der Waals surface area contributed by atoms with Crippen molar-refractivity contribution in [1.29, 1.82) is 0 Å². The predicted octanol–water partition coefficient (Wildman–Crippen LogP) is -1.77. The van der Waals surface area contributed by atoms with Crippen molar-refractivity contribution in [3.8, 4) is 0 Å². The minimum atomic E-state index is -1.20. The van der Waals surface area contributed by atoms with Crippen LogP contribution in [0.25, 0.3) is 0 Å². The number of carbonyl (C=O) groups is 4. The summed E-state index contributed by atoms with van der Waals surface area (Å²) < 4.78 is 0. The van der Waals surface area contributed by atoms with Gasteiger partial charge in [-0.05, 0) is 18.4 Å². The smallest absolute Gasteiger partial charge is 0.322 e. The van der Waals surface area contributed by atoms with Gasteiger partial charge in [0.1, 0.15) is 24.7 Å². The van der Waals surface area contributed by atoms with Crippen LogP contribution in [0, 0.1) is 0 Å². The van der Waals surface area contributed by atoms with Crippen molar-refractivity contribution < 1.29 is 29.4 Å². The first-order valence-electron chi connectivity index (χ1n) is 9.34. The van der Waals surface area contributed by atoms with Crippen LogP contribution in [0.3, 0.4) is 0 Å². The fraction of sp³-hybridized carbons (Fsp3) is 0.474. The van der Waals surface area contributed by atoms with Gasteiger partial charge in [-0.1, -0.05) is 30.3 Å². The predicted molar refractivity (Wildman–Crippen MR) is 103 cm³/mol. The van der Waals surface area contributed by atoms with Crippen molar-refractivity contribution in [1.82, 2.24) is 15.5 Å². The third kappa shape index (κ3) is 6.26. The lowest BCUT2D eigenvalue weighted by Gasteiger charge is -2.27. The van der Waals surface area contributed by atoms with Gasteiger partial charge in [0.25, 0.3) is 0 Å². The second kappa shape index (κ2) is 10.5. The fourth-order valence-corrected chi connectivity index (χ4v) is 3.21. The van der Waals surface area contributed by atoms with Gasteiger partial charge in [-0.25, -0.2) is 0 Å². The largest absolute Gasteiger partial charge is 0.480 e. The lowest BCUT2D eigenvalue weighted by atomic mass is 10.0. The molecular formula is C19H26N4O6. The monoisotopic (exact) mass is 406 g/mol. The molecule has 1 aromatic carbocycles. The van der Waals surface area contributed by atoms with E-state index in [9.17, 15) is 19.2 Å². The average molecular weight is 406 g/mol. The summed E-state index contributed by atoms with van der Waals surface area (Å²) >= 11 is 0. The molecule has 1 aromatic rings. The summed E-state index contributed by atoms with van der Waals surface area (Å²) in [6, 6.07) is 6.05. The number of likely N-dealkylation sites (tertiary alicyclic amines) is 1. The van der Waals surface area contributed by atoms with Gasteiger partial charge in [0.15, 0.2) is 0 Å². The number of benzene rings is 1. The first-order valence-corrected chi connectivity index (χ1v) is 9.34. The number of aliphatic hydroxyl groups is 1. The fourth-order valence-electron chi connectivity index (χ4n) is 3.21. The summed E-state index contributed by atoms with van der Waals surface area (Å²) in [6.07, 6.45) is 1.16. The molecule has 3 amide bonds. The number of aliphatic carboxylic acids is 1. The molecule has 2 rings (SSSR count). The van der Waals surface area contributed by atoms with Gasteiger partial charge in [0.2, 0.25) is 17.7 Å². The highest BCUT2D eigenvalue weighted by Crippen LogP contribution is 2.18. The van der Waals surface area contributed by atoms with Gasteiger partial charge < -0.3 is 31.5 Å². The molecule has 29 heavy (non-hydrogen) atoms. The number of amides is 3. The van der Waals surface area contributed by atoms with E-state index >= 15 is 0 Å². The van der Waals surface area contributed by atoms with E-state index in [1.807, 2.05) is 6.07 Å². The van der Waals surface area contributed by atoms with Crippen LogP contribution in [0.15, 0.2) is 30.3 Å². The van der Waals surface area contributed by atoms with Crippen molar-refractivity contribution in [2.75, 3.05) is 19.7 Å². The van der Waals surface area contributed by atoms with E-state index in [1.165, 1.54) is 4.90 Å². The standard InChI is InChI=1S/C19H26N4O6/c20-13(11-24)19(29)23-8-4-7-15(23)18(28)22-14(17(27)21-10-16(25)26)9-12-5-2-1-3-6-12/h1-3,5-6,13-15,24H,4,7-11,20H2,(H,21,27)(H,22,28)(H,25,26).